The standard InChI is InChI=1S/C22H25FO2/c1-7-24-22-12-15(4)21(13-20(22)14(2)3)16(5)18-8-10-19(11-9-18)17(6)25-23/h8-14H,5-7H2,1-4H3. The van der Waals surface area contributed by atoms with Gasteiger partial charge in [0, 0.05) is 10.1 Å². The number of hydrogen-bond donors (Lipinski definition) is 0. The summed E-state index contributed by atoms with van der Waals surface area (Å²) in [5, 5.41) is 0. The molecule has 0 aliphatic carbocycles. The number of benzene rings is 2. The molecule has 0 bridgehead atoms. The maximum absolute atomic E-state index is 12.2. The fourth-order valence-corrected chi connectivity index (χ4v) is 2.81. The fraction of sp³-hybridized carbons (Fsp3) is 0.273. The average molecular weight is 340 g/mol. The van der Waals surface area contributed by atoms with Crippen LogP contribution in [0.4, 0.5) is 4.53 Å². The highest BCUT2D eigenvalue weighted by Gasteiger charge is 2.14. The lowest BCUT2D eigenvalue weighted by molar-refractivity contribution is -0.0416. The van der Waals surface area contributed by atoms with Crippen molar-refractivity contribution in [3.63, 3.8) is 0 Å². The van der Waals surface area contributed by atoms with Gasteiger partial charge in [0.1, 0.15) is 5.75 Å². The van der Waals surface area contributed by atoms with Crippen LogP contribution in [0.3, 0.4) is 0 Å². The first kappa shape index (κ1) is 18.8. The lowest BCUT2D eigenvalue weighted by Gasteiger charge is -2.18. The van der Waals surface area contributed by atoms with Crippen molar-refractivity contribution in [3.05, 3.63) is 77.4 Å². The van der Waals surface area contributed by atoms with Gasteiger partial charge in [-0.05, 0) is 59.7 Å². The molecule has 0 aliphatic heterocycles. The zero-order valence-corrected chi connectivity index (χ0v) is 15.4. The summed E-state index contributed by atoms with van der Waals surface area (Å²) in [5.74, 6) is 1.27. The van der Waals surface area contributed by atoms with E-state index in [0.717, 1.165) is 28.0 Å². The highest BCUT2D eigenvalue weighted by atomic mass is 19.3. The summed E-state index contributed by atoms with van der Waals surface area (Å²) >= 11 is 0. The summed E-state index contributed by atoms with van der Waals surface area (Å²) in [4.78, 5) is 3.69. The van der Waals surface area contributed by atoms with Gasteiger partial charge in [0.2, 0.25) is 0 Å². The smallest absolute Gasteiger partial charge is 0.171 e. The molecule has 0 atom stereocenters. The van der Waals surface area contributed by atoms with Crippen molar-refractivity contribution in [1.82, 2.24) is 0 Å². The number of aryl methyl sites for hydroxylation is 1. The van der Waals surface area contributed by atoms with E-state index >= 15 is 0 Å². The molecule has 2 rings (SSSR count). The summed E-state index contributed by atoms with van der Waals surface area (Å²) in [5.41, 5.74) is 5.85. The van der Waals surface area contributed by atoms with Crippen LogP contribution in [0.2, 0.25) is 0 Å². The molecule has 25 heavy (non-hydrogen) atoms. The summed E-state index contributed by atoms with van der Waals surface area (Å²) < 4.78 is 18.0. The molecule has 2 aromatic rings. The second-order valence-electron chi connectivity index (χ2n) is 6.35. The third-order valence-corrected chi connectivity index (χ3v) is 4.25. The third-order valence-electron chi connectivity index (χ3n) is 4.25. The number of hydrogen-bond acceptors (Lipinski definition) is 2. The molecule has 0 saturated carbocycles. The van der Waals surface area contributed by atoms with E-state index in [0.29, 0.717) is 18.1 Å². The van der Waals surface area contributed by atoms with Gasteiger partial charge in [0.15, 0.2) is 5.76 Å². The van der Waals surface area contributed by atoms with E-state index in [1.54, 1.807) is 12.1 Å². The van der Waals surface area contributed by atoms with Gasteiger partial charge in [-0.2, -0.15) is 0 Å². The summed E-state index contributed by atoms with van der Waals surface area (Å²) in [6, 6.07) is 11.6. The SMILES string of the molecule is C=C(OF)c1ccc(C(=C)c2cc(C(C)C)c(OCC)cc2C)cc1. The number of ether oxygens (including phenoxy) is 1. The van der Waals surface area contributed by atoms with E-state index in [1.807, 2.05) is 19.1 Å². The predicted molar refractivity (Wildman–Crippen MR) is 102 cm³/mol. The second-order valence-corrected chi connectivity index (χ2v) is 6.35. The Morgan fingerprint density at radius 3 is 2.20 bits per heavy atom. The van der Waals surface area contributed by atoms with Crippen LogP contribution in [0.1, 0.15) is 54.5 Å². The first-order valence-electron chi connectivity index (χ1n) is 8.43. The van der Waals surface area contributed by atoms with Gasteiger partial charge < -0.3 is 4.74 Å². The monoisotopic (exact) mass is 340 g/mol. The third kappa shape index (κ3) is 4.11. The minimum Gasteiger partial charge on any atom is -0.494 e. The van der Waals surface area contributed by atoms with E-state index < -0.39 is 0 Å². The lowest BCUT2D eigenvalue weighted by Crippen LogP contribution is -2.02. The molecular formula is C22H25FO2. The maximum atomic E-state index is 12.2. The molecule has 132 valence electrons. The van der Waals surface area contributed by atoms with Gasteiger partial charge in [-0.15, -0.1) is 0 Å². The first-order chi connectivity index (χ1) is 11.9. The zero-order chi connectivity index (χ0) is 18.6. The number of rotatable bonds is 7. The molecule has 0 saturated heterocycles. The molecule has 2 nitrogen and oxygen atoms in total. The molecule has 3 heteroatoms. The van der Waals surface area contributed by atoms with E-state index in [1.165, 1.54) is 5.56 Å². The second kappa shape index (κ2) is 8.02. The fourth-order valence-electron chi connectivity index (χ4n) is 2.81. The van der Waals surface area contributed by atoms with Gasteiger partial charge in [-0.3, -0.25) is 4.94 Å². The largest absolute Gasteiger partial charge is 0.494 e. The van der Waals surface area contributed by atoms with E-state index in [2.05, 4.69) is 51.0 Å². The Labute approximate surface area is 149 Å². The molecule has 0 amide bonds. The maximum Gasteiger partial charge on any atom is 0.171 e. The Bertz CT molecular complexity index is 773. The van der Waals surface area contributed by atoms with Crippen LogP contribution in [-0.2, 0) is 4.94 Å². The van der Waals surface area contributed by atoms with Crippen LogP contribution >= 0.6 is 0 Å². The zero-order valence-electron chi connectivity index (χ0n) is 15.4. The minimum absolute atomic E-state index is 0.00324. The Kier molecular flexibility index (Phi) is 6.02. The van der Waals surface area contributed by atoms with Gasteiger partial charge in [0.25, 0.3) is 0 Å². The predicted octanol–water partition coefficient (Wildman–Crippen LogP) is 6.45. The summed E-state index contributed by atoms with van der Waals surface area (Å²) in [7, 11) is 0. The molecule has 0 fully saturated rings. The molecular weight excluding hydrogens is 315 g/mol. The van der Waals surface area contributed by atoms with Crippen molar-refractivity contribution < 1.29 is 14.2 Å². The Morgan fingerprint density at radius 2 is 1.68 bits per heavy atom. The van der Waals surface area contributed by atoms with Gasteiger partial charge in [-0.25, -0.2) is 0 Å². The molecule has 0 N–H and O–H groups in total. The van der Waals surface area contributed by atoms with Crippen molar-refractivity contribution in [2.75, 3.05) is 6.61 Å². The lowest BCUT2D eigenvalue weighted by atomic mass is 9.90. The first-order valence-corrected chi connectivity index (χ1v) is 8.43. The molecule has 0 aliphatic rings. The van der Waals surface area contributed by atoms with Gasteiger partial charge in [-0.1, -0.05) is 51.3 Å². The summed E-state index contributed by atoms with van der Waals surface area (Å²) in [6.07, 6.45) is 0. The Morgan fingerprint density at radius 1 is 1.08 bits per heavy atom. The quantitative estimate of drug-likeness (QED) is 0.539. The van der Waals surface area contributed by atoms with Crippen molar-refractivity contribution in [2.24, 2.45) is 0 Å². The van der Waals surface area contributed by atoms with Crippen LogP contribution in [-0.4, -0.2) is 6.61 Å². The molecule has 0 spiro atoms. The van der Waals surface area contributed by atoms with E-state index in [9.17, 15) is 4.53 Å². The van der Waals surface area contributed by atoms with Crippen LogP contribution in [0, 0.1) is 6.92 Å². The molecule has 2 aromatic carbocycles. The Hall–Kier alpha value is -2.55. The van der Waals surface area contributed by atoms with E-state index in [4.69, 9.17) is 4.74 Å². The van der Waals surface area contributed by atoms with Crippen molar-refractivity contribution in [1.29, 1.82) is 0 Å². The van der Waals surface area contributed by atoms with Crippen LogP contribution < -0.4 is 4.74 Å². The van der Waals surface area contributed by atoms with E-state index in [-0.39, 0.29) is 5.76 Å². The number of halogens is 1. The van der Waals surface area contributed by atoms with Crippen molar-refractivity contribution in [3.8, 4) is 5.75 Å². The molecule has 0 radical (unpaired) electrons. The summed E-state index contributed by atoms with van der Waals surface area (Å²) in [6.45, 7) is 16.8. The highest BCUT2D eigenvalue weighted by Crippen LogP contribution is 2.34. The van der Waals surface area contributed by atoms with Gasteiger partial charge >= 0.3 is 0 Å². The molecule has 0 unspecified atom stereocenters. The Balaban J connectivity index is 2.41. The molecule has 0 heterocycles. The van der Waals surface area contributed by atoms with Crippen LogP contribution in [0.5, 0.6) is 5.75 Å². The minimum atomic E-state index is -0.00324. The normalized spacial score (nSPS) is 10.6. The highest BCUT2D eigenvalue weighted by molar-refractivity contribution is 5.81. The topological polar surface area (TPSA) is 18.5 Å². The van der Waals surface area contributed by atoms with Crippen molar-refractivity contribution in [2.45, 2.75) is 33.6 Å². The average Bonchev–Trinajstić information content (AvgIpc) is 2.60. The van der Waals surface area contributed by atoms with Crippen molar-refractivity contribution >= 4 is 11.3 Å². The van der Waals surface area contributed by atoms with Crippen LogP contribution in [0.15, 0.2) is 49.6 Å². The molecule has 0 aromatic heterocycles. The van der Waals surface area contributed by atoms with Gasteiger partial charge in [0.05, 0.1) is 6.61 Å². The van der Waals surface area contributed by atoms with Crippen LogP contribution in [0.25, 0.3) is 11.3 Å².